The van der Waals surface area contributed by atoms with Crippen molar-refractivity contribution < 1.29 is 9.47 Å². The minimum atomic E-state index is 0.651. The van der Waals surface area contributed by atoms with Crippen LogP contribution < -0.4 is 0 Å². The summed E-state index contributed by atoms with van der Waals surface area (Å²) < 4.78 is 9.86. The monoisotopic (exact) mass is 209 g/mol. The number of ether oxygens (including phenoxy) is 2. The van der Waals surface area contributed by atoms with Crippen LogP contribution in [0.2, 0.25) is 0 Å². The van der Waals surface area contributed by atoms with E-state index in [4.69, 9.17) is 9.47 Å². The second-order valence-corrected chi connectivity index (χ2v) is 3.02. The van der Waals surface area contributed by atoms with Crippen LogP contribution in [0.4, 0.5) is 0 Å². The summed E-state index contributed by atoms with van der Waals surface area (Å²) in [5.41, 5.74) is 0.897. The molecule has 0 bridgehead atoms. The van der Waals surface area contributed by atoms with Crippen molar-refractivity contribution in [2.24, 2.45) is 4.99 Å². The van der Waals surface area contributed by atoms with Crippen molar-refractivity contribution in [3.63, 3.8) is 0 Å². The molecular formula is C12H19NO2. The summed E-state index contributed by atoms with van der Waals surface area (Å²) in [5.74, 6) is 1.40. The van der Waals surface area contributed by atoms with Crippen molar-refractivity contribution in [1.82, 2.24) is 0 Å². The van der Waals surface area contributed by atoms with E-state index in [0.717, 1.165) is 11.5 Å². The fourth-order valence-corrected chi connectivity index (χ4v) is 0.821. The number of methoxy groups -OCH3 is 2. The number of aliphatic imine (C=N–C) groups is 1. The third-order valence-electron chi connectivity index (χ3n) is 1.74. The van der Waals surface area contributed by atoms with Crippen LogP contribution in [0.25, 0.3) is 0 Å². The van der Waals surface area contributed by atoms with E-state index in [1.54, 1.807) is 14.2 Å². The number of rotatable bonds is 5. The molecule has 0 rings (SSSR count). The average molecular weight is 209 g/mol. The molecule has 84 valence electrons. The number of hydrogen-bond donors (Lipinski definition) is 0. The minimum Gasteiger partial charge on any atom is -0.501 e. The van der Waals surface area contributed by atoms with Gasteiger partial charge in [-0.05, 0) is 13.0 Å². The smallest absolute Gasteiger partial charge is 0.184 e. The molecule has 0 aliphatic carbocycles. The molecule has 3 heteroatoms. The van der Waals surface area contributed by atoms with Crippen LogP contribution in [-0.2, 0) is 9.47 Å². The maximum atomic E-state index is 4.93. The predicted octanol–water partition coefficient (Wildman–Crippen LogP) is 3.06. The zero-order valence-corrected chi connectivity index (χ0v) is 9.91. The zero-order chi connectivity index (χ0) is 11.7. The SMILES string of the molecule is C=C(C/C=C\C=C(/C)N=C(C)OC)OC. The normalized spacial score (nSPS) is 13.1. The summed E-state index contributed by atoms with van der Waals surface area (Å²) in [5, 5.41) is 0. The summed E-state index contributed by atoms with van der Waals surface area (Å²) >= 11 is 0. The Balaban J connectivity index is 4.11. The Morgan fingerprint density at radius 3 is 2.47 bits per heavy atom. The van der Waals surface area contributed by atoms with Gasteiger partial charge < -0.3 is 9.47 Å². The van der Waals surface area contributed by atoms with Gasteiger partial charge in [-0.15, -0.1) is 0 Å². The molecule has 0 unspecified atom stereocenters. The van der Waals surface area contributed by atoms with Gasteiger partial charge in [-0.25, -0.2) is 4.99 Å². The topological polar surface area (TPSA) is 30.8 Å². The van der Waals surface area contributed by atoms with Gasteiger partial charge in [0.2, 0.25) is 0 Å². The summed E-state index contributed by atoms with van der Waals surface area (Å²) in [6.45, 7) is 7.44. The Hall–Kier alpha value is -1.51. The third-order valence-corrected chi connectivity index (χ3v) is 1.74. The number of nitrogens with zero attached hydrogens (tertiary/aromatic N) is 1. The summed E-state index contributed by atoms with van der Waals surface area (Å²) in [6, 6.07) is 0. The third kappa shape index (κ3) is 7.55. The second kappa shape index (κ2) is 7.85. The van der Waals surface area contributed by atoms with Gasteiger partial charge in [0.1, 0.15) is 0 Å². The molecule has 3 nitrogen and oxygen atoms in total. The van der Waals surface area contributed by atoms with Gasteiger partial charge in [0.05, 0.1) is 20.0 Å². The van der Waals surface area contributed by atoms with E-state index in [9.17, 15) is 0 Å². The molecule has 0 atom stereocenters. The molecule has 0 aliphatic rings. The highest BCUT2D eigenvalue weighted by atomic mass is 16.5. The lowest BCUT2D eigenvalue weighted by molar-refractivity contribution is 0.287. The van der Waals surface area contributed by atoms with E-state index >= 15 is 0 Å². The molecule has 0 radical (unpaired) electrons. The largest absolute Gasteiger partial charge is 0.501 e. The molecule has 0 saturated carbocycles. The molecule has 0 amide bonds. The molecule has 15 heavy (non-hydrogen) atoms. The molecule has 0 aliphatic heterocycles. The number of hydrogen-bond acceptors (Lipinski definition) is 3. The first-order valence-electron chi connectivity index (χ1n) is 4.74. The maximum Gasteiger partial charge on any atom is 0.184 e. The van der Waals surface area contributed by atoms with Gasteiger partial charge in [0.25, 0.3) is 0 Å². The fourth-order valence-electron chi connectivity index (χ4n) is 0.821. The first kappa shape index (κ1) is 13.5. The van der Waals surface area contributed by atoms with Gasteiger partial charge in [0.15, 0.2) is 5.90 Å². The van der Waals surface area contributed by atoms with E-state index in [1.165, 1.54) is 0 Å². The van der Waals surface area contributed by atoms with Crippen LogP contribution in [0.15, 0.2) is 41.3 Å². The lowest BCUT2D eigenvalue weighted by Gasteiger charge is -1.98. The Kier molecular flexibility index (Phi) is 7.06. The summed E-state index contributed by atoms with van der Waals surface area (Å²) in [6.07, 6.45) is 6.51. The van der Waals surface area contributed by atoms with Gasteiger partial charge >= 0.3 is 0 Å². The van der Waals surface area contributed by atoms with Crippen molar-refractivity contribution in [3.05, 3.63) is 36.3 Å². The highest BCUT2D eigenvalue weighted by Crippen LogP contribution is 2.01. The van der Waals surface area contributed by atoms with Gasteiger partial charge in [-0.3, -0.25) is 0 Å². The molecule has 0 fully saturated rings. The van der Waals surface area contributed by atoms with Crippen molar-refractivity contribution in [2.75, 3.05) is 14.2 Å². The quantitative estimate of drug-likeness (QED) is 0.301. The maximum absolute atomic E-state index is 4.93. The molecule has 0 heterocycles. The van der Waals surface area contributed by atoms with Crippen LogP contribution >= 0.6 is 0 Å². The first-order chi connectivity index (χ1) is 7.10. The van der Waals surface area contributed by atoms with Crippen molar-refractivity contribution in [1.29, 1.82) is 0 Å². The van der Waals surface area contributed by atoms with Crippen LogP contribution in [0.1, 0.15) is 20.3 Å². The van der Waals surface area contributed by atoms with Crippen LogP contribution in [-0.4, -0.2) is 20.1 Å². The number of allylic oxidation sites excluding steroid dienone is 4. The Bertz CT molecular complexity index is 288. The molecule has 0 N–H and O–H groups in total. The highest BCUT2D eigenvalue weighted by Gasteiger charge is 1.87. The van der Waals surface area contributed by atoms with E-state index in [2.05, 4.69) is 11.6 Å². The van der Waals surface area contributed by atoms with Gasteiger partial charge in [0, 0.05) is 19.0 Å². The average Bonchev–Trinajstić information content (AvgIpc) is 2.23. The summed E-state index contributed by atoms with van der Waals surface area (Å²) in [4.78, 5) is 4.18. The Morgan fingerprint density at radius 1 is 1.27 bits per heavy atom. The Morgan fingerprint density at radius 2 is 1.93 bits per heavy atom. The minimum absolute atomic E-state index is 0.651. The van der Waals surface area contributed by atoms with Crippen LogP contribution in [0.5, 0.6) is 0 Å². The molecule has 0 spiro atoms. The molecule has 0 aromatic carbocycles. The van der Waals surface area contributed by atoms with E-state index in [0.29, 0.717) is 12.3 Å². The predicted molar refractivity (Wildman–Crippen MR) is 63.8 cm³/mol. The van der Waals surface area contributed by atoms with Gasteiger partial charge in [-0.2, -0.15) is 0 Å². The standard InChI is InChI=1S/C12H19NO2/c1-10(13-12(3)15-5)8-6-7-9-11(2)14-4/h6-8H,2,9H2,1,3-5H3/b7-6-,10-8+,13-12?. The molecule has 0 saturated heterocycles. The van der Waals surface area contributed by atoms with Crippen LogP contribution in [0.3, 0.4) is 0 Å². The van der Waals surface area contributed by atoms with Crippen molar-refractivity contribution >= 4 is 5.90 Å². The second-order valence-electron chi connectivity index (χ2n) is 3.02. The highest BCUT2D eigenvalue weighted by molar-refractivity contribution is 5.74. The van der Waals surface area contributed by atoms with Gasteiger partial charge in [-0.1, -0.05) is 18.7 Å². The summed E-state index contributed by atoms with van der Waals surface area (Å²) in [7, 11) is 3.22. The fraction of sp³-hybridized carbons (Fsp3) is 0.417. The van der Waals surface area contributed by atoms with Crippen molar-refractivity contribution in [3.8, 4) is 0 Å². The first-order valence-corrected chi connectivity index (χ1v) is 4.74. The lowest BCUT2D eigenvalue weighted by atomic mass is 10.3. The lowest BCUT2D eigenvalue weighted by Crippen LogP contribution is -1.92. The Labute approximate surface area is 91.8 Å². The zero-order valence-electron chi connectivity index (χ0n) is 9.91. The molecular weight excluding hydrogens is 190 g/mol. The van der Waals surface area contributed by atoms with Crippen molar-refractivity contribution in [2.45, 2.75) is 20.3 Å². The van der Waals surface area contributed by atoms with E-state index in [-0.39, 0.29) is 0 Å². The van der Waals surface area contributed by atoms with Crippen LogP contribution in [0, 0.1) is 0 Å². The molecule has 0 aromatic heterocycles. The van der Waals surface area contributed by atoms with E-state index in [1.807, 2.05) is 32.1 Å². The molecule has 0 aromatic rings. The van der Waals surface area contributed by atoms with E-state index < -0.39 is 0 Å².